The van der Waals surface area contributed by atoms with Crippen molar-refractivity contribution < 1.29 is 19.1 Å². The van der Waals surface area contributed by atoms with Gasteiger partial charge in [0.15, 0.2) is 0 Å². The van der Waals surface area contributed by atoms with Gasteiger partial charge in [-0.1, -0.05) is 23.8 Å². The lowest BCUT2D eigenvalue weighted by Gasteiger charge is -2.17. The van der Waals surface area contributed by atoms with Crippen molar-refractivity contribution in [1.29, 1.82) is 0 Å². The minimum atomic E-state index is -0.847. The van der Waals surface area contributed by atoms with Crippen LogP contribution in [-0.2, 0) is 16.1 Å². The molecule has 6 nitrogen and oxygen atoms in total. The van der Waals surface area contributed by atoms with E-state index in [0.717, 1.165) is 26.5 Å². The summed E-state index contributed by atoms with van der Waals surface area (Å²) in [5, 5.41) is 0. The molecule has 4 amide bonds. The van der Waals surface area contributed by atoms with Crippen LogP contribution in [0, 0.1) is 13.8 Å². The number of imide groups is 2. The van der Waals surface area contributed by atoms with E-state index in [1.54, 1.807) is 24.3 Å². The fourth-order valence-electron chi connectivity index (χ4n) is 2.74. The van der Waals surface area contributed by atoms with Gasteiger partial charge in [-0.05, 0) is 49.2 Å². The van der Waals surface area contributed by atoms with E-state index in [9.17, 15) is 14.4 Å². The molecule has 0 N–H and O–H groups in total. The number of anilines is 1. The van der Waals surface area contributed by atoms with E-state index in [0.29, 0.717) is 11.4 Å². The molecule has 0 radical (unpaired) electrons. The van der Waals surface area contributed by atoms with Crippen molar-refractivity contribution in [3.05, 3.63) is 59.2 Å². The van der Waals surface area contributed by atoms with Gasteiger partial charge in [-0.25, -0.2) is 9.69 Å². The summed E-state index contributed by atoms with van der Waals surface area (Å²) in [7, 11) is 1.52. The van der Waals surface area contributed by atoms with Crippen molar-refractivity contribution >= 4 is 23.5 Å². The monoisotopic (exact) mass is 338 g/mol. The number of hydrogen-bond acceptors (Lipinski definition) is 4. The summed E-state index contributed by atoms with van der Waals surface area (Å²) < 4.78 is 5.07. The molecule has 1 aliphatic rings. The standard InChI is InChI=1S/C19H18N2O4/c1-12-4-5-13(2)14(10-12)11-20-17(22)18(23)21(19(20)24)15-6-8-16(25-3)9-7-15/h4-10H,11H2,1-3H3. The van der Waals surface area contributed by atoms with Gasteiger partial charge >= 0.3 is 17.8 Å². The molecule has 25 heavy (non-hydrogen) atoms. The van der Waals surface area contributed by atoms with Gasteiger partial charge in [0, 0.05) is 0 Å². The van der Waals surface area contributed by atoms with E-state index in [1.165, 1.54) is 7.11 Å². The number of urea groups is 1. The second kappa shape index (κ2) is 6.39. The highest BCUT2D eigenvalue weighted by Crippen LogP contribution is 2.26. The summed E-state index contributed by atoms with van der Waals surface area (Å²) in [5.74, 6) is -1.07. The van der Waals surface area contributed by atoms with Gasteiger partial charge in [0.1, 0.15) is 5.75 Å². The molecule has 1 aliphatic heterocycles. The van der Waals surface area contributed by atoms with Crippen molar-refractivity contribution in [2.75, 3.05) is 12.0 Å². The van der Waals surface area contributed by atoms with E-state index in [2.05, 4.69) is 0 Å². The molecule has 0 atom stereocenters. The van der Waals surface area contributed by atoms with Crippen LogP contribution in [0.1, 0.15) is 16.7 Å². The molecule has 128 valence electrons. The summed E-state index contributed by atoms with van der Waals surface area (Å²) in [4.78, 5) is 39.2. The summed E-state index contributed by atoms with van der Waals surface area (Å²) in [6.07, 6.45) is 0. The van der Waals surface area contributed by atoms with Crippen LogP contribution in [0.5, 0.6) is 5.75 Å². The second-order valence-corrected chi connectivity index (χ2v) is 5.94. The predicted octanol–water partition coefficient (Wildman–Crippen LogP) is 2.81. The molecular weight excluding hydrogens is 320 g/mol. The van der Waals surface area contributed by atoms with Crippen LogP contribution in [0.25, 0.3) is 0 Å². The molecule has 6 heteroatoms. The van der Waals surface area contributed by atoms with Crippen LogP contribution in [0.2, 0.25) is 0 Å². The van der Waals surface area contributed by atoms with Gasteiger partial charge in [0.2, 0.25) is 0 Å². The third-order valence-electron chi connectivity index (χ3n) is 4.22. The highest BCUT2D eigenvalue weighted by molar-refractivity contribution is 6.52. The average molecular weight is 338 g/mol. The summed E-state index contributed by atoms with van der Waals surface area (Å²) >= 11 is 0. The van der Waals surface area contributed by atoms with Crippen molar-refractivity contribution in [1.82, 2.24) is 4.90 Å². The fourth-order valence-corrected chi connectivity index (χ4v) is 2.74. The molecule has 0 aromatic heterocycles. The molecule has 2 aromatic rings. The molecule has 1 saturated heterocycles. The maximum Gasteiger partial charge on any atom is 0.339 e. The van der Waals surface area contributed by atoms with Gasteiger partial charge in [-0.3, -0.25) is 14.5 Å². The Labute approximate surface area is 145 Å². The van der Waals surface area contributed by atoms with E-state index in [-0.39, 0.29) is 6.54 Å². The first kappa shape index (κ1) is 16.7. The Bertz CT molecular complexity index is 858. The van der Waals surface area contributed by atoms with Gasteiger partial charge in [-0.15, -0.1) is 0 Å². The Morgan fingerprint density at radius 1 is 0.920 bits per heavy atom. The van der Waals surface area contributed by atoms with E-state index in [1.807, 2.05) is 32.0 Å². The molecule has 0 unspecified atom stereocenters. The first-order valence-corrected chi connectivity index (χ1v) is 7.82. The number of carbonyl (C=O) groups excluding carboxylic acids is 3. The Morgan fingerprint density at radius 3 is 2.24 bits per heavy atom. The largest absolute Gasteiger partial charge is 0.497 e. The maximum atomic E-state index is 12.7. The summed E-state index contributed by atoms with van der Waals surface area (Å²) in [6, 6.07) is 11.6. The van der Waals surface area contributed by atoms with Gasteiger partial charge in [-0.2, -0.15) is 0 Å². The number of nitrogens with zero attached hydrogens (tertiary/aromatic N) is 2. The summed E-state index contributed by atoms with van der Waals surface area (Å²) in [6.45, 7) is 3.91. The van der Waals surface area contributed by atoms with Crippen LogP contribution in [0.3, 0.4) is 0 Å². The van der Waals surface area contributed by atoms with Crippen LogP contribution in [0.4, 0.5) is 10.5 Å². The Hall–Kier alpha value is -3.15. The number of benzene rings is 2. The maximum absolute atomic E-state index is 12.7. The lowest BCUT2D eigenvalue weighted by atomic mass is 10.1. The van der Waals surface area contributed by atoms with Crippen molar-refractivity contribution in [3.63, 3.8) is 0 Å². The molecule has 1 fully saturated rings. The zero-order valence-corrected chi connectivity index (χ0v) is 14.3. The number of carbonyl (C=O) groups is 3. The Balaban J connectivity index is 1.89. The fraction of sp³-hybridized carbons (Fsp3) is 0.211. The van der Waals surface area contributed by atoms with Crippen molar-refractivity contribution in [3.8, 4) is 5.75 Å². The van der Waals surface area contributed by atoms with Crippen LogP contribution in [-0.4, -0.2) is 29.9 Å². The Morgan fingerprint density at radius 2 is 1.60 bits per heavy atom. The lowest BCUT2D eigenvalue weighted by molar-refractivity contribution is -0.139. The third-order valence-corrected chi connectivity index (χ3v) is 4.22. The van der Waals surface area contributed by atoms with Gasteiger partial charge in [0.05, 0.1) is 19.3 Å². The van der Waals surface area contributed by atoms with E-state index >= 15 is 0 Å². The molecular formula is C19H18N2O4. The molecule has 2 aromatic carbocycles. The second-order valence-electron chi connectivity index (χ2n) is 5.94. The molecule has 0 bridgehead atoms. The van der Waals surface area contributed by atoms with Gasteiger partial charge in [0.25, 0.3) is 0 Å². The minimum absolute atomic E-state index is 0.0730. The molecule has 1 heterocycles. The zero-order chi connectivity index (χ0) is 18.1. The van der Waals surface area contributed by atoms with Crippen LogP contribution in [0.15, 0.2) is 42.5 Å². The summed E-state index contributed by atoms with van der Waals surface area (Å²) in [5.41, 5.74) is 3.17. The minimum Gasteiger partial charge on any atom is -0.497 e. The smallest absolute Gasteiger partial charge is 0.339 e. The van der Waals surface area contributed by atoms with Crippen molar-refractivity contribution in [2.24, 2.45) is 0 Å². The first-order chi connectivity index (χ1) is 11.9. The molecule has 0 spiro atoms. The number of aryl methyl sites for hydroxylation is 2. The molecule has 3 rings (SSSR count). The predicted molar refractivity (Wildman–Crippen MR) is 92.3 cm³/mol. The highest BCUT2D eigenvalue weighted by atomic mass is 16.5. The average Bonchev–Trinajstić information content (AvgIpc) is 2.82. The zero-order valence-electron chi connectivity index (χ0n) is 14.3. The Kier molecular flexibility index (Phi) is 4.27. The number of hydrogen-bond donors (Lipinski definition) is 0. The first-order valence-electron chi connectivity index (χ1n) is 7.82. The number of amides is 4. The van der Waals surface area contributed by atoms with E-state index < -0.39 is 17.8 Å². The molecule has 0 aliphatic carbocycles. The topological polar surface area (TPSA) is 66.9 Å². The number of rotatable bonds is 4. The number of methoxy groups -OCH3 is 1. The van der Waals surface area contributed by atoms with E-state index in [4.69, 9.17) is 4.74 Å². The highest BCUT2D eigenvalue weighted by Gasteiger charge is 2.45. The van der Waals surface area contributed by atoms with Crippen LogP contribution < -0.4 is 9.64 Å². The third kappa shape index (κ3) is 2.98. The molecule has 0 saturated carbocycles. The number of ether oxygens (including phenoxy) is 1. The lowest BCUT2D eigenvalue weighted by Crippen LogP contribution is -2.33. The van der Waals surface area contributed by atoms with Gasteiger partial charge < -0.3 is 4.74 Å². The van der Waals surface area contributed by atoms with Crippen LogP contribution >= 0.6 is 0 Å². The van der Waals surface area contributed by atoms with Crippen molar-refractivity contribution in [2.45, 2.75) is 20.4 Å². The normalized spacial score (nSPS) is 14.4. The quantitative estimate of drug-likeness (QED) is 0.635. The SMILES string of the molecule is COc1ccc(N2C(=O)C(=O)N(Cc3cc(C)ccc3C)C2=O)cc1.